The highest BCUT2D eigenvalue weighted by Crippen LogP contribution is 2.29. The summed E-state index contributed by atoms with van der Waals surface area (Å²) in [7, 11) is 1.54. The molecule has 1 aliphatic rings. The van der Waals surface area contributed by atoms with E-state index in [-0.39, 0.29) is 23.9 Å². The first-order chi connectivity index (χ1) is 9.49. The van der Waals surface area contributed by atoms with Crippen molar-refractivity contribution in [3.05, 3.63) is 23.8 Å². The number of aromatic carboxylic acids is 1. The van der Waals surface area contributed by atoms with E-state index >= 15 is 0 Å². The van der Waals surface area contributed by atoms with E-state index in [1.807, 2.05) is 13.8 Å². The van der Waals surface area contributed by atoms with Crippen molar-refractivity contribution < 1.29 is 24.1 Å². The fraction of sp³-hybridized carbons (Fsp3) is 0.533. The molecule has 1 heterocycles. The van der Waals surface area contributed by atoms with Gasteiger partial charge in [-0.05, 0) is 26.0 Å². The highest BCUT2D eigenvalue weighted by molar-refractivity contribution is 5.91. The van der Waals surface area contributed by atoms with Crippen LogP contribution >= 0.6 is 0 Å². The summed E-state index contributed by atoms with van der Waals surface area (Å²) in [6.07, 6.45) is 1.69. The maximum Gasteiger partial charge on any atom is 0.339 e. The molecule has 1 saturated heterocycles. The van der Waals surface area contributed by atoms with Gasteiger partial charge in [0, 0.05) is 18.9 Å². The van der Waals surface area contributed by atoms with E-state index in [2.05, 4.69) is 0 Å². The van der Waals surface area contributed by atoms with Crippen molar-refractivity contribution in [1.82, 2.24) is 0 Å². The number of methoxy groups -OCH3 is 1. The van der Waals surface area contributed by atoms with Crippen LogP contribution in [-0.4, -0.2) is 36.5 Å². The van der Waals surface area contributed by atoms with Gasteiger partial charge in [-0.3, -0.25) is 0 Å². The molecule has 1 N–H and O–H groups in total. The predicted molar refractivity (Wildman–Crippen MR) is 73.6 cm³/mol. The molecule has 2 rings (SSSR count). The SMILES string of the molecule is COc1ccc(C(=O)O)c(OC2CC(C)OC(C)C2)c1. The standard InChI is InChI=1S/C15H20O5/c1-9-6-12(7-10(2)19-9)20-14-8-11(18-3)4-5-13(14)15(16)17/h4-5,8-10,12H,6-7H2,1-3H3,(H,16,17). The number of hydrogen-bond acceptors (Lipinski definition) is 4. The molecule has 110 valence electrons. The molecule has 2 atom stereocenters. The first kappa shape index (κ1) is 14.7. The lowest BCUT2D eigenvalue weighted by atomic mass is 10.0. The van der Waals surface area contributed by atoms with Crippen molar-refractivity contribution in [1.29, 1.82) is 0 Å². The van der Waals surface area contributed by atoms with Gasteiger partial charge in [-0.25, -0.2) is 4.79 Å². The van der Waals surface area contributed by atoms with E-state index in [0.717, 1.165) is 12.8 Å². The molecule has 0 amide bonds. The van der Waals surface area contributed by atoms with Gasteiger partial charge < -0.3 is 19.3 Å². The summed E-state index contributed by atoms with van der Waals surface area (Å²) in [5.41, 5.74) is 0.151. The fourth-order valence-electron chi connectivity index (χ4n) is 2.52. The van der Waals surface area contributed by atoms with Gasteiger partial charge in [-0.2, -0.15) is 0 Å². The molecule has 0 spiro atoms. The Hall–Kier alpha value is -1.75. The molecule has 2 unspecified atom stereocenters. The minimum Gasteiger partial charge on any atom is -0.497 e. The molecule has 1 aromatic carbocycles. The number of hydrogen-bond donors (Lipinski definition) is 1. The Balaban J connectivity index is 2.20. The Morgan fingerprint density at radius 3 is 2.50 bits per heavy atom. The van der Waals surface area contributed by atoms with Gasteiger partial charge in [-0.15, -0.1) is 0 Å². The van der Waals surface area contributed by atoms with Crippen LogP contribution in [0, 0.1) is 0 Å². The Morgan fingerprint density at radius 2 is 1.95 bits per heavy atom. The first-order valence-corrected chi connectivity index (χ1v) is 6.73. The van der Waals surface area contributed by atoms with Gasteiger partial charge in [-0.1, -0.05) is 0 Å². The summed E-state index contributed by atoms with van der Waals surface area (Å²) in [4.78, 5) is 11.2. The molecule has 1 fully saturated rings. The molecular formula is C15H20O5. The maximum atomic E-state index is 11.2. The van der Waals surface area contributed by atoms with Crippen LogP contribution in [0.25, 0.3) is 0 Å². The Kier molecular flexibility index (Phi) is 4.49. The summed E-state index contributed by atoms with van der Waals surface area (Å²) < 4.78 is 16.7. The molecule has 1 aromatic rings. The summed E-state index contributed by atoms with van der Waals surface area (Å²) in [6.45, 7) is 3.99. The van der Waals surface area contributed by atoms with E-state index in [9.17, 15) is 9.90 Å². The third-order valence-electron chi connectivity index (χ3n) is 3.37. The third kappa shape index (κ3) is 3.42. The average molecular weight is 280 g/mol. The lowest BCUT2D eigenvalue weighted by Crippen LogP contribution is -2.36. The van der Waals surface area contributed by atoms with E-state index < -0.39 is 5.97 Å². The lowest BCUT2D eigenvalue weighted by Gasteiger charge is -2.32. The zero-order chi connectivity index (χ0) is 14.7. The highest BCUT2D eigenvalue weighted by atomic mass is 16.5. The minimum absolute atomic E-state index is 0.0426. The second-order valence-electron chi connectivity index (χ2n) is 5.14. The van der Waals surface area contributed by atoms with Gasteiger partial charge in [0.2, 0.25) is 0 Å². The molecule has 20 heavy (non-hydrogen) atoms. The smallest absolute Gasteiger partial charge is 0.339 e. The van der Waals surface area contributed by atoms with Crippen LogP contribution in [-0.2, 0) is 4.74 Å². The van der Waals surface area contributed by atoms with Crippen LogP contribution in [0.3, 0.4) is 0 Å². The second-order valence-corrected chi connectivity index (χ2v) is 5.14. The second kappa shape index (κ2) is 6.13. The summed E-state index contributed by atoms with van der Waals surface area (Å²) in [5.74, 6) is -0.0721. The van der Waals surface area contributed by atoms with Crippen LogP contribution < -0.4 is 9.47 Å². The quantitative estimate of drug-likeness (QED) is 0.918. The number of benzene rings is 1. The zero-order valence-electron chi connectivity index (χ0n) is 12.0. The normalized spacial score (nSPS) is 26.1. The van der Waals surface area contributed by atoms with Gasteiger partial charge in [0.1, 0.15) is 23.2 Å². The van der Waals surface area contributed by atoms with Crippen LogP contribution in [0.15, 0.2) is 18.2 Å². The molecule has 0 radical (unpaired) electrons. The van der Waals surface area contributed by atoms with Crippen molar-refractivity contribution in [3.8, 4) is 11.5 Å². The number of carbonyl (C=O) groups is 1. The van der Waals surface area contributed by atoms with E-state index in [1.54, 1.807) is 12.1 Å². The number of ether oxygens (including phenoxy) is 3. The molecule has 0 bridgehead atoms. The molecule has 0 aliphatic carbocycles. The average Bonchev–Trinajstić information content (AvgIpc) is 2.37. The topological polar surface area (TPSA) is 65.0 Å². The Labute approximate surface area is 118 Å². The van der Waals surface area contributed by atoms with Gasteiger partial charge in [0.25, 0.3) is 0 Å². The monoisotopic (exact) mass is 280 g/mol. The summed E-state index contributed by atoms with van der Waals surface area (Å²) in [6, 6.07) is 4.74. The number of carboxylic acids is 1. The minimum atomic E-state index is -1.00. The first-order valence-electron chi connectivity index (χ1n) is 6.73. The predicted octanol–water partition coefficient (Wildman–Crippen LogP) is 2.73. The maximum absolute atomic E-state index is 11.2. The highest BCUT2D eigenvalue weighted by Gasteiger charge is 2.27. The summed E-state index contributed by atoms with van der Waals surface area (Å²) >= 11 is 0. The summed E-state index contributed by atoms with van der Waals surface area (Å²) in [5, 5.41) is 9.22. The van der Waals surface area contributed by atoms with E-state index in [4.69, 9.17) is 14.2 Å². The molecular weight excluding hydrogens is 260 g/mol. The van der Waals surface area contributed by atoms with Gasteiger partial charge in [0.15, 0.2) is 0 Å². The largest absolute Gasteiger partial charge is 0.497 e. The molecule has 0 saturated carbocycles. The van der Waals surface area contributed by atoms with Crippen molar-refractivity contribution in [2.45, 2.75) is 45.0 Å². The Bertz CT molecular complexity index is 475. The van der Waals surface area contributed by atoms with Crippen LogP contribution in [0.5, 0.6) is 11.5 Å². The molecule has 0 aromatic heterocycles. The van der Waals surface area contributed by atoms with Crippen LogP contribution in [0.4, 0.5) is 0 Å². The van der Waals surface area contributed by atoms with Crippen molar-refractivity contribution in [2.24, 2.45) is 0 Å². The van der Waals surface area contributed by atoms with Gasteiger partial charge >= 0.3 is 5.97 Å². The lowest BCUT2D eigenvalue weighted by molar-refractivity contribution is -0.0722. The molecule has 1 aliphatic heterocycles. The Morgan fingerprint density at radius 1 is 1.30 bits per heavy atom. The van der Waals surface area contributed by atoms with E-state index in [1.165, 1.54) is 13.2 Å². The van der Waals surface area contributed by atoms with Crippen LogP contribution in [0.1, 0.15) is 37.0 Å². The number of carboxylic acid groups (broad SMARTS) is 1. The fourth-order valence-corrected chi connectivity index (χ4v) is 2.52. The molecule has 5 heteroatoms. The van der Waals surface area contributed by atoms with Crippen molar-refractivity contribution >= 4 is 5.97 Å². The zero-order valence-corrected chi connectivity index (χ0v) is 12.0. The van der Waals surface area contributed by atoms with Gasteiger partial charge in [0.05, 0.1) is 19.3 Å². The number of rotatable bonds is 4. The van der Waals surface area contributed by atoms with E-state index in [0.29, 0.717) is 11.5 Å². The van der Waals surface area contributed by atoms with Crippen molar-refractivity contribution in [3.63, 3.8) is 0 Å². The molecule has 5 nitrogen and oxygen atoms in total. The third-order valence-corrected chi connectivity index (χ3v) is 3.37. The van der Waals surface area contributed by atoms with Crippen LogP contribution in [0.2, 0.25) is 0 Å². The van der Waals surface area contributed by atoms with Crippen molar-refractivity contribution in [2.75, 3.05) is 7.11 Å².